The minimum atomic E-state index is -0.263. The van der Waals surface area contributed by atoms with Crippen LogP contribution in [0.4, 0.5) is 4.79 Å². The number of nitrogens with zero attached hydrogens (tertiary/aromatic N) is 2. The molecule has 8 nitrogen and oxygen atoms in total. The van der Waals surface area contributed by atoms with Crippen LogP contribution in [-0.2, 0) is 17.7 Å². The minimum absolute atomic E-state index is 0. The molecule has 2 N–H and O–H groups in total. The molecule has 0 saturated carbocycles. The second-order valence-corrected chi connectivity index (χ2v) is 7.21. The van der Waals surface area contributed by atoms with Crippen molar-refractivity contribution in [2.45, 2.75) is 44.9 Å². The number of nitrogens with one attached hydrogen (secondary N) is 2. The first kappa shape index (κ1) is 23.4. The van der Waals surface area contributed by atoms with Gasteiger partial charge in [-0.15, -0.1) is 24.0 Å². The number of aliphatic imine (C=N–C) groups is 1. The van der Waals surface area contributed by atoms with Gasteiger partial charge in [-0.2, -0.15) is 0 Å². The van der Waals surface area contributed by atoms with E-state index in [1.807, 2.05) is 6.07 Å². The van der Waals surface area contributed by atoms with Gasteiger partial charge in [0.15, 0.2) is 5.96 Å². The van der Waals surface area contributed by atoms with Gasteiger partial charge in [0.05, 0.1) is 14.2 Å². The molecule has 1 atom stereocenters. The molecule has 2 heterocycles. The molecule has 0 aliphatic carbocycles. The maximum Gasteiger partial charge on any atom is 0.409 e. The standard InChI is InChI=1S/C20H30N4O4.HI/c1-13-9-14-10-17(26-3)15(11-18(14)28-13)12-22-19(21-2)23-16-5-7-24(8-6-16)20(25)27-4;/h10-11,13,16H,5-9,12H2,1-4H3,(H2,21,22,23);1H. The zero-order valence-electron chi connectivity index (χ0n) is 17.5. The van der Waals surface area contributed by atoms with Gasteiger partial charge >= 0.3 is 6.09 Å². The Kier molecular flexibility index (Phi) is 8.66. The van der Waals surface area contributed by atoms with E-state index >= 15 is 0 Å². The van der Waals surface area contributed by atoms with Crippen molar-refractivity contribution in [1.82, 2.24) is 15.5 Å². The van der Waals surface area contributed by atoms with E-state index in [1.165, 1.54) is 12.7 Å². The molecule has 1 saturated heterocycles. The van der Waals surface area contributed by atoms with E-state index < -0.39 is 0 Å². The minimum Gasteiger partial charge on any atom is -0.496 e. The second-order valence-electron chi connectivity index (χ2n) is 7.21. The summed E-state index contributed by atoms with van der Waals surface area (Å²) >= 11 is 0. The Morgan fingerprint density at radius 2 is 2.03 bits per heavy atom. The highest BCUT2D eigenvalue weighted by molar-refractivity contribution is 14.0. The monoisotopic (exact) mass is 518 g/mol. The van der Waals surface area contributed by atoms with Crippen LogP contribution in [0.15, 0.2) is 17.1 Å². The van der Waals surface area contributed by atoms with Gasteiger partial charge in [0, 0.05) is 50.3 Å². The predicted molar refractivity (Wildman–Crippen MR) is 123 cm³/mol. The smallest absolute Gasteiger partial charge is 0.409 e. The van der Waals surface area contributed by atoms with Gasteiger partial charge in [0.2, 0.25) is 0 Å². The molecule has 2 aliphatic rings. The number of hydrogen-bond acceptors (Lipinski definition) is 5. The van der Waals surface area contributed by atoms with Gasteiger partial charge in [-0.3, -0.25) is 4.99 Å². The summed E-state index contributed by atoms with van der Waals surface area (Å²) < 4.78 is 16.2. The molecule has 2 aliphatic heterocycles. The molecule has 0 bridgehead atoms. The van der Waals surface area contributed by atoms with Gasteiger partial charge in [-0.25, -0.2) is 4.79 Å². The number of fused-ring (bicyclic) bond motifs is 1. The Balaban J connectivity index is 0.00000300. The van der Waals surface area contributed by atoms with Crippen LogP contribution < -0.4 is 20.1 Å². The first-order chi connectivity index (χ1) is 13.5. The second kappa shape index (κ2) is 10.7. The lowest BCUT2D eigenvalue weighted by Crippen LogP contribution is -2.49. The summed E-state index contributed by atoms with van der Waals surface area (Å²) in [5.74, 6) is 2.52. The summed E-state index contributed by atoms with van der Waals surface area (Å²) in [5, 5.41) is 6.79. The largest absolute Gasteiger partial charge is 0.496 e. The lowest BCUT2D eigenvalue weighted by molar-refractivity contribution is 0.111. The molecule has 1 aromatic rings. The third-order valence-electron chi connectivity index (χ3n) is 5.24. The van der Waals surface area contributed by atoms with Crippen molar-refractivity contribution < 1.29 is 19.0 Å². The molecule has 1 fully saturated rings. The van der Waals surface area contributed by atoms with E-state index in [-0.39, 0.29) is 42.2 Å². The highest BCUT2D eigenvalue weighted by Gasteiger charge is 2.24. The summed E-state index contributed by atoms with van der Waals surface area (Å²) in [5.41, 5.74) is 2.21. The fraction of sp³-hybridized carbons (Fsp3) is 0.600. The lowest BCUT2D eigenvalue weighted by atomic mass is 10.1. The molecule has 9 heteroatoms. The number of hydrogen-bond donors (Lipinski definition) is 2. The molecule has 1 aromatic carbocycles. The topological polar surface area (TPSA) is 84.4 Å². The third-order valence-corrected chi connectivity index (χ3v) is 5.24. The Hall–Kier alpha value is -1.91. The van der Waals surface area contributed by atoms with E-state index in [1.54, 1.807) is 19.1 Å². The molecule has 1 amide bonds. The molecular formula is C20H31IN4O4. The fourth-order valence-corrected chi connectivity index (χ4v) is 3.71. The quantitative estimate of drug-likeness (QED) is 0.362. The van der Waals surface area contributed by atoms with Crippen LogP contribution >= 0.6 is 24.0 Å². The zero-order valence-corrected chi connectivity index (χ0v) is 19.8. The van der Waals surface area contributed by atoms with Crippen LogP contribution in [0.3, 0.4) is 0 Å². The van der Waals surface area contributed by atoms with Crippen molar-refractivity contribution in [1.29, 1.82) is 0 Å². The molecule has 0 aromatic heterocycles. The average Bonchev–Trinajstić information content (AvgIpc) is 3.08. The molecule has 3 rings (SSSR count). The van der Waals surface area contributed by atoms with Gasteiger partial charge in [-0.05, 0) is 31.9 Å². The Morgan fingerprint density at radius 3 is 2.66 bits per heavy atom. The fourth-order valence-electron chi connectivity index (χ4n) is 3.71. The molecule has 0 radical (unpaired) electrons. The van der Waals surface area contributed by atoms with E-state index in [4.69, 9.17) is 14.2 Å². The number of carbonyl (C=O) groups is 1. The normalized spacial score (nSPS) is 19.0. The number of piperidine rings is 1. The number of likely N-dealkylation sites (tertiary alicyclic amines) is 1. The van der Waals surface area contributed by atoms with Crippen LogP contribution in [0.2, 0.25) is 0 Å². The molecular weight excluding hydrogens is 487 g/mol. The Morgan fingerprint density at radius 1 is 1.31 bits per heavy atom. The summed E-state index contributed by atoms with van der Waals surface area (Å²) in [7, 11) is 4.85. The highest BCUT2D eigenvalue weighted by Crippen LogP contribution is 2.34. The summed E-state index contributed by atoms with van der Waals surface area (Å²) in [6.45, 7) is 4.00. The van der Waals surface area contributed by atoms with Gasteiger partial charge in [-0.1, -0.05) is 0 Å². The van der Waals surface area contributed by atoms with E-state index in [9.17, 15) is 4.79 Å². The van der Waals surface area contributed by atoms with Crippen LogP contribution in [-0.4, -0.2) is 63.5 Å². The number of ether oxygens (including phenoxy) is 3. The maximum absolute atomic E-state index is 11.6. The summed E-state index contributed by atoms with van der Waals surface area (Å²) in [4.78, 5) is 17.6. The van der Waals surface area contributed by atoms with Crippen molar-refractivity contribution in [2.75, 3.05) is 34.4 Å². The van der Waals surface area contributed by atoms with Gasteiger partial charge in [0.1, 0.15) is 17.6 Å². The van der Waals surface area contributed by atoms with Crippen LogP contribution in [0, 0.1) is 0 Å². The molecule has 162 valence electrons. The van der Waals surface area contributed by atoms with Crippen LogP contribution in [0.25, 0.3) is 0 Å². The van der Waals surface area contributed by atoms with Crippen LogP contribution in [0.5, 0.6) is 11.5 Å². The number of benzene rings is 1. The molecule has 29 heavy (non-hydrogen) atoms. The number of halogens is 1. The van der Waals surface area contributed by atoms with E-state index in [2.05, 4.69) is 28.6 Å². The van der Waals surface area contributed by atoms with Crippen molar-refractivity contribution in [3.8, 4) is 11.5 Å². The number of carbonyl (C=O) groups excluding carboxylic acids is 1. The number of rotatable bonds is 4. The van der Waals surface area contributed by atoms with Crippen molar-refractivity contribution >= 4 is 36.0 Å². The van der Waals surface area contributed by atoms with E-state index in [0.29, 0.717) is 19.6 Å². The lowest BCUT2D eigenvalue weighted by Gasteiger charge is -2.32. The number of amides is 1. The highest BCUT2D eigenvalue weighted by atomic mass is 127. The number of guanidine groups is 1. The average molecular weight is 518 g/mol. The van der Waals surface area contributed by atoms with Crippen molar-refractivity contribution in [2.24, 2.45) is 4.99 Å². The van der Waals surface area contributed by atoms with Crippen LogP contribution in [0.1, 0.15) is 30.9 Å². The first-order valence-corrected chi connectivity index (χ1v) is 9.70. The molecule has 0 spiro atoms. The first-order valence-electron chi connectivity index (χ1n) is 9.70. The summed E-state index contributed by atoms with van der Waals surface area (Å²) in [6, 6.07) is 4.37. The van der Waals surface area contributed by atoms with Gasteiger partial charge < -0.3 is 29.7 Å². The van der Waals surface area contributed by atoms with Crippen molar-refractivity contribution in [3.63, 3.8) is 0 Å². The predicted octanol–water partition coefficient (Wildman–Crippen LogP) is 2.53. The number of methoxy groups -OCH3 is 2. The molecule has 1 unspecified atom stereocenters. The maximum atomic E-state index is 11.6. The Bertz CT molecular complexity index is 735. The van der Waals surface area contributed by atoms with E-state index in [0.717, 1.165) is 42.3 Å². The zero-order chi connectivity index (χ0) is 20.1. The SMILES string of the molecule is CN=C(NCc1cc2c(cc1OC)CC(C)O2)NC1CCN(C(=O)OC)CC1.I. The van der Waals surface area contributed by atoms with Crippen molar-refractivity contribution in [3.05, 3.63) is 23.3 Å². The van der Waals surface area contributed by atoms with Gasteiger partial charge in [0.25, 0.3) is 0 Å². The third kappa shape index (κ3) is 5.80. The summed E-state index contributed by atoms with van der Waals surface area (Å²) in [6.07, 6.45) is 2.55. The Labute approximate surface area is 189 Å².